The number of fused-ring (bicyclic) bond motifs is 1. The van der Waals surface area contributed by atoms with Crippen LogP contribution in [-0.2, 0) is 4.79 Å². The molecule has 1 aliphatic rings. The molecule has 0 radical (unpaired) electrons. The molecule has 1 aromatic carbocycles. The summed E-state index contributed by atoms with van der Waals surface area (Å²) in [5, 5.41) is 13.9. The standard InChI is InChI=1S/C24H22N4O2S.CH3NO/c1-15-5-2-3-6-16(15)22(25)19-8-4-7-18(27-19)17-14-31-24-20(29)13-21(30-23(17)24)28-11-9-26-10-12-28;2-1-3/h2-8,13-14,25-26H,9-12H2,1H3;1H,(H2,2,3). The molecule has 4 N–H and O–H groups in total. The molecule has 0 saturated carbocycles. The zero-order valence-corrected chi connectivity index (χ0v) is 19.5. The van der Waals surface area contributed by atoms with Gasteiger partial charge in [-0.05, 0) is 24.6 Å². The Morgan fingerprint density at radius 2 is 1.94 bits per heavy atom. The van der Waals surface area contributed by atoms with Crippen LogP contribution in [-0.4, -0.2) is 43.3 Å². The van der Waals surface area contributed by atoms with Gasteiger partial charge in [0.25, 0.3) is 0 Å². The smallest absolute Gasteiger partial charge is 0.204 e. The average molecular weight is 476 g/mol. The van der Waals surface area contributed by atoms with Crippen molar-refractivity contribution in [2.24, 2.45) is 5.73 Å². The van der Waals surface area contributed by atoms with Crippen LogP contribution in [0.5, 0.6) is 0 Å². The Balaban J connectivity index is 0.000000868. The van der Waals surface area contributed by atoms with E-state index in [0.717, 1.165) is 42.9 Å². The number of carbonyl (C=O) groups is 1. The Labute approximate surface area is 200 Å². The summed E-state index contributed by atoms with van der Waals surface area (Å²) in [5.74, 6) is 0.599. The van der Waals surface area contributed by atoms with Gasteiger partial charge in [0.05, 0.1) is 22.7 Å². The third-order valence-electron chi connectivity index (χ3n) is 5.55. The van der Waals surface area contributed by atoms with Crippen LogP contribution < -0.4 is 21.4 Å². The maximum atomic E-state index is 12.7. The second kappa shape index (κ2) is 10.4. The zero-order chi connectivity index (χ0) is 24.1. The van der Waals surface area contributed by atoms with E-state index in [9.17, 15) is 4.79 Å². The van der Waals surface area contributed by atoms with E-state index in [1.54, 1.807) is 6.07 Å². The molecule has 0 bridgehead atoms. The minimum atomic E-state index is -0.0326. The van der Waals surface area contributed by atoms with E-state index in [1.165, 1.54) is 11.3 Å². The van der Waals surface area contributed by atoms with E-state index in [1.807, 2.05) is 54.8 Å². The second-order valence-corrected chi connectivity index (χ2v) is 8.61. The number of aromatic nitrogens is 1. The highest BCUT2D eigenvalue weighted by molar-refractivity contribution is 7.17. The van der Waals surface area contributed by atoms with Crippen LogP contribution in [0.1, 0.15) is 16.8 Å². The van der Waals surface area contributed by atoms with Crippen molar-refractivity contribution < 1.29 is 9.21 Å². The molecule has 5 rings (SSSR count). The van der Waals surface area contributed by atoms with Gasteiger partial charge in [0.2, 0.25) is 11.8 Å². The molecule has 1 amide bonds. The number of nitrogens with zero attached hydrogens (tertiary/aromatic N) is 2. The summed E-state index contributed by atoms with van der Waals surface area (Å²) >= 11 is 1.37. The number of anilines is 1. The van der Waals surface area contributed by atoms with Gasteiger partial charge in [0.15, 0.2) is 11.5 Å². The highest BCUT2D eigenvalue weighted by Gasteiger charge is 2.19. The Morgan fingerprint density at radius 1 is 1.21 bits per heavy atom. The number of hydrogen-bond acceptors (Lipinski definition) is 8. The minimum Gasteiger partial charge on any atom is -0.439 e. The third-order valence-corrected chi connectivity index (χ3v) is 6.53. The number of aryl methyl sites for hydroxylation is 1. The molecular formula is C25H25N5O3S. The number of pyridine rings is 1. The predicted molar refractivity (Wildman–Crippen MR) is 136 cm³/mol. The van der Waals surface area contributed by atoms with Crippen molar-refractivity contribution in [1.29, 1.82) is 5.41 Å². The predicted octanol–water partition coefficient (Wildman–Crippen LogP) is 3.15. The molecular weight excluding hydrogens is 450 g/mol. The number of thiophene rings is 1. The van der Waals surface area contributed by atoms with Gasteiger partial charge in [0.1, 0.15) is 4.70 Å². The van der Waals surface area contributed by atoms with Crippen LogP contribution in [0, 0.1) is 12.3 Å². The normalized spacial score (nSPS) is 13.3. The fourth-order valence-electron chi connectivity index (χ4n) is 3.86. The number of hydrogen-bond donors (Lipinski definition) is 3. The largest absolute Gasteiger partial charge is 0.439 e. The van der Waals surface area contributed by atoms with Gasteiger partial charge in [-0.3, -0.25) is 15.0 Å². The van der Waals surface area contributed by atoms with Crippen molar-refractivity contribution in [1.82, 2.24) is 10.3 Å². The molecule has 0 unspecified atom stereocenters. The van der Waals surface area contributed by atoms with E-state index < -0.39 is 0 Å². The molecule has 0 atom stereocenters. The van der Waals surface area contributed by atoms with Crippen molar-refractivity contribution in [2.45, 2.75) is 6.92 Å². The van der Waals surface area contributed by atoms with E-state index in [-0.39, 0.29) is 11.8 Å². The first-order chi connectivity index (χ1) is 16.5. The van der Waals surface area contributed by atoms with Gasteiger partial charge in [-0.25, -0.2) is 4.98 Å². The van der Waals surface area contributed by atoms with Gasteiger partial charge >= 0.3 is 0 Å². The molecule has 0 spiro atoms. The molecule has 1 aliphatic heterocycles. The Kier molecular flexibility index (Phi) is 7.15. The highest BCUT2D eigenvalue weighted by atomic mass is 32.1. The van der Waals surface area contributed by atoms with Crippen molar-refractivity contribution in [2.75, 3.05) is 31.1 Å². The van der Waals surface area contributed by atoms with E-state index in [0.29, 0.717) is 33.3 Å². The van der Waals surface area contributed by atoms with Crippen LogP contribution >= 0.6 is 11.3 Å². The molecule has 0 aliphatic carbocycles. The fourth-order valence-corrected chi connectivity index (χ4v) is 4.76. The van der Waals surface area contributed by atoms with Crippen LogP contribution in [0.15, 0.2) is 63.1 Å². The van der Waals surface area contributed by atoms with Crippen molar-refractivity contribution in [3.63, 3.8) is 0 Å². The molecule has 8 nitrogen and oxygen atoms in total. The Bertz CT molecular complexity index is 1390. The molecule has 34 heavy (non-hydrogen) atoms. The molecule has 3 aromatic heterocycles. The van der Waals surface area contributed by atoms with E-state index in [4.69, 9.17) is 19.6 Å². The molecule has 4 aromatic rings. The van der Waals surface area contributed by atoms with E-state index in [2.05, 4.69) is 16.0 Å². The monoisotopic (exact) mass is 475 g/mol. The van der Waals surface area contributed by atoms with Gasteiger partial charge < -0.3 is 20.4 Å². The SMILES string of the molecule is Cc1ccccc1C(=N)c1cccc(-c2csc3c(=O)cc(N4CCNCC4)oc23)n1.NC=O. The zero-order valence-electron chi connectivity index (χ0n) is 18.7. The Morgan fingerprint density at radius 3 is 2.68 bits per heavy atom. The lowest BCUT2D eigenvalue weighted by atomic mass is 10.0. The van der Waals surface area contributed by atoms with Gasteiger partial charge in [-0.1, -0.05) is 30.3 Å². The van der Waals surface area contributed by atoms with E-state index >= 15 is 0 Å². The Hall–Kier alpha value is -3.82. The summed E-state index contributed by atoms with van der Waals surface area (Å²) in [6.45, 7) is 5.32. The molecule has 1 saturated heterocycles. The summed E-state index contributed by atoms with van der Waals surface area (Å²) in [5.41, 5.74) is 9.04. The maximum absolute atomic E-state index is 12.7. The van der Waals surface area contributed by atoms with Gasteiger partial charge in [-0.15, -0.1) is 11.3 Å². The summed E-state index contributed by atoms with van der Waals surface area (Å²) in [7, 11) is 0. The summed E-state index contributed by atoms with van der Waals surface area (Å²) in [6, 6.07) is 15.0. The fraction of sp³-hybridized carbons (Fsp3) is 0.200. The summed E-state index contributed by atoms with van der Waals surface area (Å²) in [6.07, 6.45) is 0.250. The summed E-state index contributed by atoms with van der Waals surface area (Å²) < 4.78 is 6.82. The van der Waals surface area contributed by atoms with Gasteiger partial charge in [0, 0.05) is 43.2 Å². The van der Waals surface area contributed by atoms with Crippen LogP contribution in [0.2, 0.25) is 0 Å². The first-order valence-corrected chi connectivity index (χ1v) is 11.7. The lowest BCUT2D eigenvalue weighted by Gasteiger charge is -2.27. The second-order valence-electron chi connectivity index (χ2n) is 7.73. The highest BCUT2D eigenvalue weighted by Crippen LogP contribution is 2.34. The number of nitrogens with one attached hydrogen (secondary N) is 2. The molecule has 1 fully saturated rings. The number of rotatable bonds is 4. The lowest BCUT2D eigenvalue weighted by Crippen LogP contribution is -2.43. The van der Waals surface area contributed by atoms with Crippen LogP contribution in [0.3, 0.4) is 0 Å². The lowest BCUT2D eigenvalue weighted by molar-refractivity contribution is -0.106. The summed E-state index contributed by atoms with van der Waals surface area (Å²) in [4.78, 5) is 28.2. The number of piperazine rings is 1. The minimum absolute atomic E-state index is 0.0326. The van der Waals surface area contributed by atoms with Crippen molar-refractivity contribution in [3.05, 3.63) is 81.0 Å². The maximum Gasteiger partial charge on any atom is 0.204 e. The quantitative estimate of drug-likeness (QED) is 0.308. The van der Waals surface area contributed by atoms with Gasteiger partial charge in [-0.2, -0.15) is 0 Å². The average Bonchev–Trinajstić information content (AvgIpc) is 3.30. The molecule has 9 heteroatoms. The van der Waals surface area contributed by atoms with Crippen molar-refractivity contribution in [3.8, 4) is 11.3 Å². The third kappa shape index (κ3) is 4.75. The number of benzene rings is 1. The van der Waals surface area contributed by atoms with Crippen LogP contribution in [0.25, 0.3) is 21.5 Å². The molecule has 4 heterocycles. The first-order valence-electron chi connectivity index (χ1n) is 10.8. The number of amides is 1. The topological polar surface area (TPSA) is 125 Å². The van der Waals surface area contributed by atoms with Crippen LogP contribution in [0.4, 0.5) is 5.88 Å². The first kappa shape index (κ1) is 23.3. The number of primary amides is 1. The molecule has 174 valence electrons. The van der Waals surface area contributed by atoms with Crippen molar-refractivity contribution >= 4 is 39.6 Å². The number of nitrogens with two attached hydrogens (primary N) is 1. The number of carbonyl (C=O) groups excluding carboxylic acids is 1.